The minimum absolute atomic E-state index is 0.181. The second kappa shape index (κ2) is 6.12. The molecule has 94 valence electrons. The third kappa shape index (κ3) is 3.78. The number of carboxylic acid groups (broad SMARTS) is 1. The summed E-state index contributed by atoms with van der Waals surface area (Å²) >= 11 is 1.45. The summed E-state index contributed by atoms with van der Waals surface area (Å²) in [5.74, 6) is -0.928. The smallest absolute Gasteiger partial charge is 0.355 e. The average molecular weight is 254 g/mol. The number of nitrogens with zero attached hydrogens (tertiary/aromatic N) is 2. The standard InChI is InChI=1S/C12H18N2O2S/c15-12(16)10-9-17-11(13-10)5-8-14-6-3-1-2-4-7-14/h9H,1-8H2,(H,15,16). The average Bonchev–Trinajstić information content (AvgIpc) is 2.63. The van der Waals surface area contributed by atoms with Gasteiger partial charge in [-0.2, -0.15) is 0 Å². The zero-order valence-electron chi connectivity index (χ0n) is 9.89. The van der Waals surface area contributed by atoms with E-state index in [-0.39, 0.29) is 5.69 Å². The van der Waals surface area contributed by atoms with E-state index in [9.17, 15) is 4.79 Å². The molecule has 1 aromatic rings. The highest BCUT2D eigenvalue weighted by Gasteiger charge is 2.11. The number of carboxylic acids is 1. The number of rotatable bonds is 4. The maximum absolute atomic E-state index is 10.7. The lowest BCUT2D eigenvalue weighted by atomic mass is 10.2. The third-order valence-corrected chi connectivity index (χ3v) is 4.02. The molecule has 0 atom stereocenters. The van der Waals surface area contributed by atoms with Gasteiger partial charge in [-0.3, -0.25) is 0 Å². The summed E-state index contributed by atoms with van der Waals surface area (Å²) in [6, 6.07) is 0. The van der Waals surface area contributed by atoms with Crippen molar-refractivity contribution in [3.63, 3.8) is 0 Å². The minimum atomic E-state index is -0.928. The summed E-state index contributed by atoms with van der Waals surface area (Å²) in [4.78, 5) is 17.3. The van der Waals surface area contributed by atoms with Crippen LogP contribution in [-0.4, -0.2) is 40.6 Å². The van der Waals surface area contributed by atoms with E-state index in [1.807, 2.05) is 0 Å². The fourth-order valence-electron chi connectivity index (χ4n) is 2.14. The van der Waals surface area contributed by atoms with E-state index in [0.29, 0.717) is 0 Å². The monoisotopic (exact) mass is 254 g/mol. The molecule has 1 aliphatic heterocycles. The largest absolute Gasteiger partial charge is 0.476 e. The van der Waals surface area contributed by atoms with Gasteiger partial charge in [0.05, 0.1) is 5.01 Å². The molecule has 1 aliphatic rings. The van der Waals surface area contributed by atoms with Crippen LogP contribution in [0.1, 0.15) is 41.2 Å². The lowest BCUT2D eigenvalue weighted by Crippen LogP contribution is -2.26. The van der Waals surface area contributed by atoms with Crippen LogP contribution in [0.15, 0.2) is 5.38 Å². The van der Waals surface area contributed by atoms with E-state index in [1.165, 1.54) is 50.1 Å². The molecule has 0 aliphatic carbocycles. The van der Waals surface area contributed by atoms with Crippen LogP contribution < -0.4 is 0 Å². The van der Waals surface area contributed by atoms with Crippen molar-refractivity contribution in [3.8, 4) is 0 Å². The van der Waals surface area contributed by atoms with Gasteiger partial charge < -0.3 is 10.0 Å². The molecule has 1 fully saturated rings. The SMILES string of the molecule is O=C(O)c1csc(CCN2CCCCCC2)n1. The Morgan fingerprint density at radius 1 is 1.35 bits per heavy atom. The molecule has 1 aromatic heterocycles. The number of likely N-dealkylation sites (tertiary alicyclic amines) is 1. The van der Waals surface area contributed by atoms with Crippen LogP contribution in [0.5, 0.6) is 0 Å². The molecular formula is C12H18N2O2S. The van der Waals surface area contributed by atoms with Crippen LogP contribution in [0.2, 0.25) is 0 Å². The van der Waals surface area contributed by atoms with E-state index in [2.05, 4.69) is 9.88 Å². The van der Waals surface area contributed by atoms with Crippen LogP contribution >= 0.6 is 11.3 Å². The van der Waals surface area contributed by atoms with Crippen molar-refractivity contribution in [2.45, 2.75) is 32.1 Å². The molecule has 1 saturated heterocycles. The van der Waals surface area contributed by atoms with Crippen molar-refractivity contribution in [1.82, 2.24) is 9.88 Å². The van der Waals surface area contributed by atoms with Crippen molar-refractivity contribution in [1.29, 1.82) is 0 Å². The van der Waals surface area contributed by atoms with Gasteiger partial charge in [0.2, 0.25) is 0 Å². The van der Waals surface area contributed by atoms with Crippen LogP contribution in [0.25, 0.3) is 0 Å². The summed E-state index contributed by atoms with van der Waals surface area (Å²) < 4.78 is 0. The first-order valence-electron chi connectivity index (χ1n) is 6.16. The Balaban J connectivity index is 1.81. The summed E-state index contributed by atoms with van der Waals surface area (Å²) in [5, 5.41) is 11.3. The summed E-state index contributed by atoms with van der Waals surface area (Å²) in [5.41, 5.74) is 0.181. The first-order valence-corrected chi connectivity index (χ1v) is 7.04. The van der Waals surface area contributed by atoms with Gasteiger partial charge in [-0.25, -0.2) is 9.78 Å². The zero-order chi connectivity index (χ0) is 12.1. The predicted octanol–water partition coefficient (Wildman–Crippen LogP) is 2.26. The van der Waals surface area contributed by atoms with Crippen molar-refractivity contribution < 1.29 is 9.90 Å². The molecule has 5 heteroatoms. The molecule has 0 bridgehead atoms. The van der Waals surface area contributed by atoms with Crippen LogP contribution in [0.4, 0.5) is 0 Å². The fourth-order valence-corrected chi connectivity index (χ4v) is 2.90. The molecule has 2 rings (SSSR count). The number of aromatic carboxylic acids is 1. The number of carbonyl (C=O) groups is 1. The number of hydrogen-bond donors (Lipinski definition) is 1. The lowest BCUT2D eigenvalue weighted by molar-refractivity contribution is 0.0691. The first kappa shape index (κ1) is 12.5. The number of thiazole rings is 1. The van der Waals surface area contributed by atoms with E-state index in [4.69, 9.17) is 5.11 Å². The van der Waals surface area contributed by atoms with Crippen molar-refractivity contribution >= 4 is 17.3 Å². The van der Waals surface area contributed by atoms with Crippen LogP contribution in [-0.2, 0) is 6.42 Å². The number of hydrogen-bond acceptors (Lipinski definition) is 4. The Morgan fingerprint density at radius 2 is 2.06 bits per heavy atom. The Bertz CT molecular complexity index is 370. The molecule has 0 unspecified atom stereocenters. The quantitative estimate of drug-likeness (QED) is 0.895. The molecule has 2 heterocycles. The molecule has 0 amide bonds. The van der Waals surface area contributed by atoms with Gasteiger partial charge in [-0.15, -0.1) is 11.3 Å². The molecule has 4 nitrogen and oxygen atoms in total. The lowest BCUT2D eigenvalue weighted by Gasteiger charge is -2.18. The second-order valence-electron chi connectivity index (χ2n) is 4.44. The summed E-state index contributed by atoms with van der Waals surface area (Å²) in [6.07, 6.45) is 6.14. The molecule has 0 radical (unpaired) electrons. The molecule has 0 saturated carbocycles. The Hall–Kier alpha value is -0.940. The summed E-state index contributed by atoms with van der Waals surface area (Å²) in [6.45, 7) is 3.36. The maximum Gasteiger partial charge on any atom is 0.355 e. The predicted molar refractivity (Wildman–Crippen MR) is 67.7 cm³/mol. The minimum Gasteiger partial charge on any atom is -0.476 e. The third-order valence-electron chi connectivity index (χ3n) is 3.11. The van der Waals surface area contributed by atoms with Crippen molar-refractivity contribution in [2.24, 2.45) is 0 Å². The van der Waals surface area contributed by atoms with Gasteiger partial charge in [-0.05, 0) is 25.9 Å². The van der Waals surface area contributed by atoms with E-state index < -0.39 is 5.97 Å². The van der Waals surface area contributed by atoms with Crippen molar-refractivity contribution in [3.05, 3.63) is 16.1 Å². The highest BCUT2D eigenvalue weighted by Crippen LogP contribution is 2.13. The van der Waals surface area contributed by atoms with E-state index in [0.717, 1.165) is 18.0 Å². The fraction of sp³-hybridized carbons (Fsp3) is 0.667. The van der Waals surface area contributed by atoms with Gasteiger partial charge in [0.1, 0.15) is 0 Å². The van der Waals surface area contributed by atoms with Gasteiger partial charge in [-0.1, -0.05) is 12.8 Å². The van der Waals surface area contributed by atoms with Crippen LogP contribution in [0.3, 0.4) is 0 Å². The zero-order valence-corrected chi connectivity index (χ0v) is 10.7. The first-order chi connectivity index (χ1) is 8.25. The molecule has 0 aromatic carbocycles. The Morgan fingerprint density at radius 3 is 2.65 bits per heavy atom. The highest BCUT2D eigenvalue weighted by atomic mass is 32.1. The maximum atomic E-state index is 10.7. The van der Waals surface area contributed by atoms with E-state index >= 15 is 0 Å². The molecule has 17 heavy (non-hydrogen) atoms. The van der Waals surface area contributed by atoms with Gasteiger partial charge in [0.25, 0.3) is 0 Å². The highest BCUT2D eigenvalue weighted by molar-refractivity contribution is 7.09. The molecular weight excluding hydrogens is 236 g/mol. The Kier molecular flexibility index (Phi) is 4.50. The number of aromatic nitrogens is 1. The summed E-state index contributed by atoms with van der Waals surface area (Å²) in [7, 11) is 0. The van der Waals surface area contributed by atoms with Gasteiger partial charge >= 0.3 is 5.97 Å². The van der Waals surface area contributed by atoms with E-state index in [1.54, 1.807) is 5.38 Å². The van der Waals surface area contributed by atoms with Crippen LogP contribution in [0, 0.1) is 0 Å². The Labute approximate surface area is 105 Å². The normalized spacial score (nSPS) is 17.9. The van der Waals surface area contributed by atoms with Gasteiger partial charge in [0.15, 0.2) is 5.69 Å². The molecule has 0 spiro atoms. The topological polar surface area (TPSA) is 53.4 Å². The molecule has 1 N–H and O–H groups in total. The van der Waals surface area contributed by atoms with Crippen molar-refractivity contribution in [2.75, 3.05) is 19.6 Å². The second-order valence-corrected chi connectivity index (χ2v) is 5.38. The van der Waals surface area contributed by atoms with Gasteiger partial charge in [0, 0.05) is 18.3 Å².